The molecule has 2 rings (SSSR count). The second-order valence-electron chi connectivity index (χ2n) is 5.20. The third-order valence-electron chi connectivity index (χ3n) is 3.18. The summed E-state index contributed by atoms with van der Waals surface area (Å²) in [6, 6.07) is 14.5. The summed E-state index contributed by atoms with van der Waals surface area (Å²) in [5.74, 6) is -0.184. The molecule has 0 aliphatic heterocycles. The van der Waals surface area contributed by atoms with Crippen LogP contribution in [0.4, 0.5) is 11.4 Å². The molecule has 22 heavy (non-hydrogen) atoms. The minimum Gasteiger partial charge on any atom is -0.326 e. The molecule has 0 aromatic heterocycles. The minimum atomic E-state index is -0.169. The monoisotopic (exact) mass is 296 g/mol. The van der Waals surface area contributed by atoms with Crippen LogP contribution in [-0.4, -0.2) is 11.8 Å². The maximum atomic E-state index is 12.2. The normalized spacial score (nSPS) is 10.1. The summed E-state index contributed by atoms with van der Waals surface area (Å²) >= 11 is 0. The molecule has 114 valence electrons. The number of carbonyl (C=O) groups is 2. The molecule has 2 amide bonds. The van der Waals surface area contributed by atoms with E-state index in [9.17, 15) is 9.59 Å². The van der Waals surface area contributed by atoms with Gasteiger partial charge in [-0.2, -0.15) is 0 Å². The van der Waals surface area contributed by atoms with Gasteiger partial charge >= 0.3 is 0 Å². The fraction of sp³-hybridized carbons (Fsp3) is 0.222. The first-order valence-corrected chi connectivity index (χ1v) is 7.36. The van der Waals surface area contributed by atoms with Gasteiger partial charge in [0.1, 0.15) is 0 Å². The van der Waals surface area contributed by atoms with Gasteiger partial charge < -0.3 is 10.6 Å². The zero-order valence-electron chi connectivity index (χ0n) is 12.8. The average Bonchev–Trinajstić information content (AvgIpc) is 2.48. The van der Waals surface area contributed by atoms with Crippen LogP contribution in [0.2, 0.25) is 0 Å². The molecule has 0 bridgehead atoms. The van der Waals surface area contributed by atoms with E-state index in [0.717, 1.165) is 17.7 Å². The quantitative estimate of drug-likeness (QED) is 0.876. The molecule has 0 aliphatic carbocycles. The van der Waals surface area contributed by atoms with E-state index in [-0.39, 0.29) is 11.8 Å². The molecule has 0 spiro atoms. The van der Waals surface area contributed by atoms with Crippen LogP contribution in [-0.2, 0) is 4.79 Å². The van der Waals surface area contributed by atoms with Crippen molar-refractivity contribution in [3.63, 3.8) is 0 Å². The second-order valence-corrected chi connectivity index (χ2v) is 5.20. The summed E-state index contributed by atoms with van der Waals surface area (Å²) in [5, 5.41) is 5.65. The zero-order valence-corrected chi connectivity index (χ0v) is 12.8. The highest BCUT2D eigenvalue weighted by Crippen LogP contribution is 2.14. The van der Waals surface area contributed by atoms with E-state index in [1.54, 1.807) is 24.3 Å². The van der Waals surface area contributed by atoms with E-state index < -0.39 is 0 Å². The lowest BCUT2D eigenvalue weighted by atomic mass is 10.1. The van der Waals surface area contributed by atoms with Gasteiger partial charge in [-0.05, 0) is 55.3 Å². The molecular formula is C18H20N2O2. The molecule has 0 saturated heterocycles. The topological polar surface area (TPSA) is 58.2 Å². The largest absolute Gasteiger partial charge is 0.326 e. The van der Waals surface area contributed by atoms with Crippen molar-refractivity contribution >= 4 is 23.2 Å². The minimum absolute atomic E-state index is 0.0144. The van der Waals surface area contributed by atoms with E-state index in [2.05, 4.69) is 10.6 Å². The van der Waals surface area contributed by atoms with Crippen molar-refractivity contribution < 1.29 is 9.59 Å². The van der Waals surface area contributed by atoms with E-state index in [1.807, 2.05) is 38.1 Å². The molecule has 0 heterocycles. The maximum absolute atomic E-state index is 12.2. The Bertz CT molecular complexity index is 663. The molecule has 0 atom stereocenters. The van der Waals surface area contributed by atoms with Crippen LogP contribution >= 0.6 is 0 Å². The van der Waals surface area contributed by atoms with E-state index in [0.29, 0.717) is 17.7 Å². The highest BCUT2D eigenvalue weighted by atomic mass is 16.2. The molecule has 2 N–H and O–H groups in total. The molecule has 0 unspecified atom stereocenters. The third kappa shape index (κ3) is 4.45. The van der Waals surface area contributed by atoms with Crippen LogP contribution in [0.15, 0.2) is 48.5 Å². The Labute approximate surface area is 130 Å². The summed E-state index contributed by atoms with van der Waals surface area (Å²) in [4.78, 5) is 23.7. The van der Waals surface area contributed by atoms with Crippen LogP contribution in [0.1, 0.15) is 35.7 Å². The Balaban J connectivity index is 2.00. The molecular weight excluding hydrogens is 276 g/mol. The van der Waals surface area contributed by atoms with Gasteiger partial charge in [0.15, 0.2) is 0 Å². The molecule has 4 heteroatoms. The average molecular weight is 296 g/mol. The number of anilines is 2. The van der Waals surface area contributed by atoms with Gasteiger partial charge in [-0.25, -0.2) is 0 Å². The maximum Gasteiger partial charge on any atom is 0.255 e. The predicted molar refractivity (Wildman–Crippen MR) is 89.1 cm³/mol. The van der Waals surface area contributed by atoms with Gasteiger partial charge in [0, 0.05) is 23.4 Å². The zero-order chi connectivity index (χ0) is 15.9. The van der Waals surface area contributed by atoms with Gasteiger partial charge in [0.2, 0.25) is 5.91 Å². The van der Waals surface area contributed by atoms with Crippen molar-refractivity contribution in [2.24, 2.45) is 0 Å². The van der Waals surface area contributed by atoms with Crippen LogP contribution in [0.5, 0.6) is 0 Å². The molecule has 4 nitrogen and oxygen atoms in total. The molecule has 0 saturated carbocycles. The number of hydrogen-bond donors (Lipinski definition) is 2. The standard InChI is InChI=1S/C18H20N2O2/c1-3-5-17(21)19-15-10-8-14(9-11-15)18(22)20-16-7-4-6-13(2)12-16/h4,6-12H,3,5H2,1-2H3,(H,19,21)(H,20,22). The fourth-order valence-corrected chi connectivity index (χ4v) is 2.08. The summed E-state index contributed by atoms with van der Waals surface area (Å²) in [6.45, 7) is 3.93. The van der Waals surface area contributed by atoms with Crippen LogP contribution in [0.3, 0.4) is 0 Å². The summed E-state index contributed by atoms with van der Waals surface area (Å²) in [5.41, 5.74) is 3.11. The van der Waals surface area contributed by atoms with Crippen molar-refractivity contribution in [3.05, 3.63) is 59.7 Å². The molecule has 2 aromatic carbocycles. The summed E-state index contributed by atoms with van der Waals surface area (Å²) < 4.78 is 0. The van der Waals surface area contributed by atoms with Crippen LogP contribution in [0, 0.1) is 6.92 Å². The number of nitrogens with one attached hydrogen (secondary N) is 2. The van der Waals surface area contributed by atoms with Crippen molar-refractivity contribution in [1.29, 1.82) is 0 Å². The van der Waals surface area contributed by atoms with Crippen LogP contribution < -0.4 is 10.6 Å². The Morgan fingerprint density at radius 3 is 2.32 bits per heavy atom. The number of benzene rings is 2. The number of carbonyl (C=O) groups excluding carboxylic acids is 2. The third-order valence-corrected chi connectivity index (χ3v) is 3.18. The van der Waals surface area contributed by atoms with Gasteiger partial charge in [-0.15, -0.1) is 0 Å². The lowest BCUT2D eigenvalue weighted by Gasteiger charge is -2.08. The van der Waals surface area contributed by atoms with Crippen molar-refractivity contribution in [1.82, 2.24) is 0 Å². The Hall–Kier alpha value is -2.62. The van der Waals surface area contributed by atoms with E-state index >= 15 is 0 Å². The second kappa shape index (κ2) is 7.41. The Morgan fingerprint density at radius 2 is 1.68 bits per heavy atom. The lowest BCUT2D eigenvalue weighted by Crippen LogP contribution is -2.13. The van der Waals surface area contributed by atoms with Crippen molar-refractivity contribution in [3.8, 4) is 0 Å². The van der Waals surface area contributed by atoms with Gasteiger partial charge in [0.05, 0.1) is 0 Å². The number of rotatable bonds is 5. The Morgan fingerprint density at radius 1 is 0.955 bits per heavy atom. The van der Waals surface area contributed by atoms with Gasteiger partial charge in [-0.3, -0.25) is 9.59 Å². The first-order chi connectivity index (χ1) is 10.6. The summed E-state index contributed by atoms with van der Waals surface area (Å²) in [7, 11) is 0. The van der Waals surface area contributed by atoms with Crippen LogP contribution in [0.25, 0.3) is 0 Å². The lowest BCUT2D eigenvalue weighted by molar-refractivity contribution is -0.116. The molecule has 2 aromatic rings. The van der Waals surface area contributed by atoms with Gasteiger partial charge in [-0.1, -0.05) is 19.1 Å². The number of aryl methyl sites for hydroxylation is 1. The number of amides is 2. The first-order valence-electron chi connectivity index (χ1n) is 7.36. The van der Waals surface area contributed by atoms with Gasteiger partial charge in [0.25, 0.3) is 5.91 Å². The van der Waals surface area contributed by atoms with Crippen molar-refractivity contribution in [2.45, 2.75) is 26.7 Å². The van der Waals surface area contributed by atoms with E-state index in [4.69, 9.17) is 0 Å². The SMILES string of the molecule is CCCC(=O)Nc1ccc(C(=O)Nc2cccc(C)c2)cc1. The fourth-order valence-electron chi connectivity index (χ4n) is 2.08. The first kappa shape index (κ1) is 15.8. The molecule has 0 aliphatic rings. The van der Waals surface area contributed by atoms with E-state index in [1.165, 1.54) is 0 Å². The Kier molecular flexibility index (Phi) is 5.31. The molecule has 0 radical (unpaired) electrons. The number of hydrogen-bond acceptors (Lipinski definition) is 2. The highest BCUT2D eigenvalue weighted by molar-refractivity contribution is 6.04. The predicted octanol–water partition coefficient (Wildman–Crippen LogP) is 3.99. The summed E-state index contributed by atoms with van der Waals surface area (Å²) in [6.07, 6.45) is 1.30. The highest BCUT2D eigenvalue weighted by Gasteiger charge is 2.07. The molecule has 0 fully saturated rings. The smallest absolute Gasteiger partial charge is 0.255 e. The van der Waals surface area contributed by atoms with Crippen molar-refractivity contribution in [2.75, 3.05) is 10.6 Å².